The summed E-state index contributed by atoms with van der Waals surface area (Å²) in [5.74, 6) is 0.523. The molecule has 3 aromatic carbocycles. The molecular formula is C21H20N2O4S. The van der Waals surface area contributed by atoms with Crippen LogP contribution in [0.3, 0.4) is 0 Å². The van der Waals surface area contributed by atoms with Gasteiger partial charge in [-0.15, -0.1) is 0 Å². The average molecular weight is 396 g/mol. The maximum absolute atomic E-state index is 12.8. The summed E-state index contributed by atoms with van der Waals surface area (Å²) in [6.45, 7) is 0.734. The quantitative estimate of drug-likeness (QED) is 0.719. The Balaban J connectivity index is 1.47. The third kappa shape index (κ3) is 3.72. The molecule has 0 aromatic heterocycles. The van der Waals surface area contributed by atoms with Gasteiger partial charge < -0.3 is 9.64 Å². The second kappa shape index (κ2) is 7.61. The van der Waals surface area contributed by atoms with Crippen LogP contribution in [0, 0.1) is 0 Å². The molecule has 0 unspecified atom stereocenters. The minimum Gasteiger partial charge on any atom is -0.483 e. The first-order valence-corrected chi connectivity index (χ1v) is 10.5. The van der Waals surface area contributed by atoms with Crippen molar-refractivity contribution in [1.82, 2.24) is 9.62 Å². The Kier molecular flexibility index (Phi) is 5.02. The molecule has 4 rings (SSSR count). The monoisotopic (exact) mass is 396 g/mol. The van der Waals surface area contributed by atoms with Crippen molar-refractivity contribution in [3.63, 3.8) is 0 Å². The number of sulfonamides is 1. The van der Waals surface area contributed by atoms with Gasteiger partial charge in [0, 0.05) is 30.6 Å². The molecule has 0 radical (unpaired) electrons. The molecule has 6 nitrogen and oxygen atoms in total. The SMILES string of the molecule is O=C1COc2ccccc2CN1CCNS(=O)(=O)c1cccc2ccccc12. The van der Waals surface area contributed by atoms with Crippen LogP contribution < -0.4 is 9.46 Å². The van der Waals surface area contributed by atoms with Crippen LogP contribution >= 0.6 is 0 Å². The van der Waals surface area contributed by atoms with E-state index >= 15 is 0 Å². The maximum Gasteiger partial charge on any atom is 0.260 e. The Labute approximate surface area is 163 Å². The highest BCUT2D eigenvalue weighted by Crippen LogP contribution is 2.24. The van der Waals surface area contributed by atoms with Crippen molar-refractivity contribution < 1.29 is 17.9 Å². The van der Waals surface area contributed by atoms with Gasteiger partial charge in [0.05, 0.1) is 4.90 Å². The molecule has 0 saturated heterocycles. The first-order chi connectivity index (χ1) is 13.5. The van der Waals surface area contributed by atoms with Gasteiger partial charge in [0.15, 0.2) is 6.61 Å². The summed E-state index contributed by atoms with van der Waals surface area (Å²) in [7, 11) is -3.69. The summed E-state index contributed by atoms with van der Waals surface area (Å²) >= 11 is 0. The van der Waals surface area contributed by atoms with Crippen LogP contribution in [0.25, 0.3) is 10.8 Å². The van der Waals surface area contributed by atoms with E-state index in [0.29, 0.717) is 17.7 Å². The third-order valence-electron chi connectivity index (χ3n) is 4.75. The Morgan fingerprint density at radius 3 is 2.61 bits per heavy atom. The van der Waals surface area contributed by atoms with Crippen LogP contribution in [0.1, 0.15) is 5.56 Å². The lowest BCUT2D eigenvalue weighted by Crippen LogP contribution is -2.39. The Morgan fingerprint density at radius 1 is 0.964 bits per heavy atom. The molecule has 1 amide bonds. The van der Waals surface area contributed by atoms with Gasteiger partial charge in [-0.1, -0.05) is 54.6 Å². The lowest BCUT2D eigenvalue weighted by atomic mass is 10.1. The summed E-state index contributed by atoms with van der Waals surface area (Å²) in [5.41, 5.74) is 0.908. The van der Waals surface area contributed by atoms with E-state index in [2.05, 4.69) is 4.72 Å². The highest BCUT2D eigenvalue weighted by molar-refractivity contribution is 7.89. The molecule has 1 heterocycles. The predicted octanol–water partition coefficient (Wildman–Crippen LogP) is 2.54. The number of amides is 1. The van der Waals surface area contributed by atoms with Crippen molar-refractivity contribution in [3.8, 4) is 5.75 Å². The molecule has 0 aliphatic carbocycles. The zero-order valence-electron chi connectivity index (χ0n) is 15.2. The number of nitrogens with zero attached hydrogens (tertiary/aromatic N) is 1. The largest absolute Gasteiger partial charge is 0.483 e. The van der Waals surface area contributed by atoms with E-state index in [9.17, 15) is 13.2 Å². The Morgan fingerprint density at radius 2 is 1.71 bits per heavy atom. The number of carbonyl (C=O) groups excluding carboxylic acids is 1. The average Bonchev–Trinajstić information content (AvgIpc) is 2.86. The smallest absolute Gasteiger partial charge is 0.260 e. The van der Waals surface area contributed by atoms with Crippen LogP contribution in [0.5, 0.6) is 5.75 Å². The van der Waals surface area contributed by atoms with Crippen molar-refractivity contribution in [1.29, 1.82) is 0 Å². The molecule has 144 valence electrons. The molecule has 1 aliphatic heterocycles. The maximum atomic E-state index is 12.8. The molecule has 0 spiro atoms. The van der Waals surface area contributed by atoms with E-state index in [1.165, 1.54) is 0 Å². The molecule has 28 heavy (non-hydrogen) atoms. The van der Waals surface area contributed by atoms with Crippen LogP contribution in [0.4, 0.5) is 0 Å². The molecule has 1 aliphatic rings. The summed E-state index contributed by atoms with van der Waals surface area (Å²) in [6, 6.07) is 20.0. The first-order valence-electron chi connectivity index (χ1n) is 9.00. The molecule has 0 fully saturated rings. The van der Waals surface area contributed by atoms with Gasteiger partial charge in [0.25, 0.3) is 5.91 Å². The Bertz CT molecular complexity index is 1120. The van der Waals surface area contributed by atoms with Crippen LogP contribution in [0.2, 0.25) is 0 Å². The van der Waals surface area contributed by atoms with Gasteiger partial charge in [-0.2, -0.15) is 0 Å². The van der Waals surface area contributed by atoms with Crippen molar-refractivity contribution in [2.45, 2.75) is 11.4 Å². The highest BCUT2D eigenvalue weighted by Gasteiger charge is 2.22. The first kappa shape index (κ1) is 18.5. The van der Waals surface area contributed by atoms with E-state index in [1.807, 2.05) is 48.5 Å². The molecular weight excluding hydrogens is 376 g/mol. The summed E-state index contributed by atoms with van der Waals surface area (Å²) in [4.78, 5) is 14.2. The van der Waals surface area contributed by atoms with Gasteiger partial charge in [0.1, 0.15) is 5.75 Å². The summed E-state index contributed by atoms with van der Waals surface area (Å²) in [5, 5.41) is 1.53. The lowest BCUT2D eigenvalue weighted by molar-refractivity contribution is -0.133. The molecule has 1 N–H and O–H groups in total. The van der Waals surface area contributed by atoms with E-state index in [1.54, 1.807) is 23.1 Å². The number of nitrogens with one attached hydrogen (secondary N) is 1. The van der Waals surface area contributed by atoms with Gasteiger partial charge in [-0.3, -0.25) is 4.79 Å². The standard InChI is InChI=1S/C21H20N2O4S/c24-21-15-27-19-10-4-2-7-17(19)14-23(21)13-12-22-28(25,26)20-11-5-8-16-6-1-3-9-18(16)20/h1-11,22H,12-15H2. The minimum absolute atomic E-state index is 0.0485. The highest BCUT2D eigenvalue weighted by atomic mass is 32.2. The van der Waals surface area contributed by atoms with Crippen molar-refractivity contribution in [2.75, 3.05) is 19.7 Å². The zero-order valence-corrected chi connectivity index (χ0v) is 16.0. The van der Waals surface area contributed by atoms with Gasteiger partial charge >= 0.3 is 0 Å². The van der Waals surface area contributed by atoms with Gasteiger partial charge in [-0.05, 0) is 17.5 Å². The summed E-state index contributed by atoms with van der Waals surface area (Å²) < 4.78 is 33.7. The fraction of sp³-hybridized carbons (Fsp3) is 0.190. The normalized spacial score (nSPS) is 14.4. The zero-order chi connectivity index (χ0) is 19.6. The minimum atomic E-state index is -3.69. The van der Waals surface area contributed by atoms with Crippen LogP contribution in [0.15, 0.2) is 71.6 Å². The van der Waals surface area contributed by atoms with Crippen molar-refractivity contribution in [3.05, 3.63) is 72.3 Å². The van der Waals surface area contributed by atoms with E-state index in [0.717, 1.165) is 10.9 Å². The molecule has 0 atom stereocenters. The second-order valence-corrected chi connectivity index (χ2v) is 8.32. The molecule has 0 bridgehead atoms. The number of hydrogen-bond acceptors (Lipinski definition) is 4. The molecule has 0 saturated carbocycles. The van der Waals surface area contributed by atoms with E-state index in [-0.39, 0.29) is 30.5 Å². The topological polar surface area (TPSA) is 75.7 Å². The van der Waals surface area contributed by atoms with Crippen LogP contribution in [-0.4, -0.2) is 38.9 Å². The number of carbonyl (C=O) groups is 1. The number of hydrogen-bond donors (Lipinski definition) is 1. The van der Waals surface area contributed by atoms with Crippen molar-refractivity contribution in [2.24, 2.45) is 0 Å². The Hall–Kier alpha value is -2.90. The number of ether oxygens (including phenoxy) is 1. The van der Waals surface area contributed by atoms with E-state index in [4.69, 9.17) is 4.74 Å². The van der Waals surface area contributed by atoms with Gasteiger partial charge in [0.2, 0.25) is 10.0 Å². The molecule has 3 aromatic rings. The number of fused-ring (bicyclic) bond motifs is 2. The van der Waals surface area contributed by atoms with Crippen molar-refractivity contribution >= 4 is 26.7 Å². The number of para-hydroxylation sites is 1. The summed E-state index contributed by atoms with van der Waals surface area (Å²) in [6.07, 6.45) is 0. The predicted molar refractivity (Wildman–Crippen MR) is 106 cm³/mol. The third-order valence-corrected chi connectivity index (χ3v) is 6.27. The second-order valence-electron chi connectivity index (χ2n) is 6.59. The lowest BCUT2D eigenvalue weighted by Gasteiger charge is -2.20. The van der Waals surface area contributed by atoms with E-state index < -0.39 is 10.0 Å². The van der Waals surface area contributed by atoms with Crippen LogP contribution in [-0.2, 0) is 21.4 Å². The number of benzene rings is 3. The molecule has 7 heteroatoms. The van der Waals surface area contributed by atoms with Gasteiger partial charge in [-0.25, -0.2) is 13.1 Å². The fourth-order valence-corrected chi connectivity index (χ4v) is 4.57. The fourth-order valence-electron chi connectivity index (χ4n) is 3.33. The number of rotatable bonds is 5.